The zero-order valence-corrected chi connectivity index (χ0v) is 49.0. The molecule has 4 rings (SSSR count). The lowest BCUT2D eigenvalue weighted by Gasteiger charge is -2.36. The van der Waals surface area contributed by atoms with Gasteiger partial charge in [-0.1, -0.05) is 48.5 Å². The first-order chi connectivity index (χ1) is 44.2. The van der Waals surface area contributed by atoms with Crippen molar-refractivity contribution in [1.82, 2.24) is 0 Å². The Kier molecular flexibility index (Phi) is 29.7. The number of aliphatic hydroxyl groups excluding tert-OH is 4. The van der Waals surface area contributed by atoms with Crippen molar-refractivity contribution < 1.29 is 184 Å². The Morgan fingerprint density at radius 2 is 0.677 bits per heavy atom. The SMILES string of the molecule is Oc1ccc(OCC(O)COCC(F)(F)OC(F)(F)C(F)(F)OC(F)(F)C(F)(F)COCCc2ccccc2COC(O)CCCC(O)OCc2ccccc2CCOCC(F)(F)C(F)(F)C(F)(F)OC(F)(F)C(F)(F)OC(F)(F)COCC(O)COc2ccc(O)cc2)cc1. The molecule has 0 heterocycles. The molecule has 0 aliphatic heterocycles. The van der Waals surface area contributed by atoms with E-state index in [0.29, 0.717) is 0 Å². The maximum absolute atomic E-state index is 14.5. The molecule has 0 aliphatic carbocycles. The first kappa shape index (κ1) is 82.4. The fourth-order valence-electron chi connectivity index (χ4n) is 7.37. The normalized spacial score (nSPS) is 15.0. The molecule has 0 saturated carbocycles. The largest absolute Gasteiger partial charge is 0.508 e. The summed E-state index contributed by atoms with van der Waals surface area (Å²) in [6, 6.07) is 20.3. The summed E-state index contributed by atoms with van der Waals surface area (Å²) in [5.41, 5.74) is 0.702. The van der Waals surface area contributed by atoms with Crippen LogP contribution in [-0.4, -0.2) is 188 Å². The van der Waals surface area contributed by atoms with Crippen LogP contribution < -0.4 is 9.47 Å². The van der Waals surface area contributed by atoms with Gasteiger partial charge in [0.1, 0.15) is 74.8 Å². The lowest BCUT2D eigenvalue weighted by atomic mass is 10.1. The van der Waals surface area contributed by atoms with Crippen LogP contribution in [0, 0.1) is 0 Å². The molecule has 4 aromatic rings. The highest BCUT2D eigenvalue weighted by Crippen LogP contribution is 2.52. The zero-order chi connectivity index (χ0) is 72.2. The lowest BCUT2D eigenvalue weighted by molar-refractivity contribution is -0.537. The van der Waals surface area contributed by atoms with Crippen LogP contribution in [0.2, 0.25) is 0 Å². The van der Waals surface area contributed by atoms with E-state index in [9.17, 15) is 127 Å². The van der Waals surface area contributed by atoms with E-state index in [0.717, 1.165) is 12.1 Å². The smallest absolute Gasteiger partial charge is 0.453 e. The Bertz CT molecular complexity index is 2940. The monoisotopic (exact) mass is 1440 g/mol. The van der Waals surface area contributed by atoms with Crippen molar-refractivity contribution >= 4 is 0 Å². The van der Waals surface area contributed by atoms with E-state index in [-0.39, 0.29) is 64.5 Å². The summed E-state index contributed by atoms with van der Waals surface area (Å²) in [7, 11) is 0. The van der Waals surface area contributed by atoms with E-state index in [1.54, 1.807) is 0 Å². The third-order valence-electron chi connectivity index (χ3n) is 12.3. The van der Waals surface area contributed by atoms with Gasteiger partial charge in [0.2, 0.25) is 0 Å². The summed E-state index contributed by atoms with van der Waals surface area (Å²) < 4.78 is 361. The molecule has 4 aromatic carbocycles. The Labute approximate surface area is 528 Å². The van der Waals surface area contributed by atoms with Gasteiger partial charge in [-0.3, -0.25) is 0 Å². The molecule has 0 amide bonds. The number of hydrogen-bond acceptors (Lipinski definition) is 18. The van der Waals surface area contributed by atoms with Crippen LogP contribution in [0.3, 0.4) is 0 Å². The average Bonchev–Trinajstić information content (AvgIpc) is 0.755. The van der Waals surface area contributed by atoms with Gasteiger partial charge in [0.25, 0.3) is 0 Å². The van der Waals surface area contributed by atoms with Crippen molar-refractivity contribution in [2.24, 2.45) is 0 Å². The number of alkyl halides is 22. The van der Waals surface area contributed by atoms with Gasteiger partial charge in [-0.2, -0.15) is 96.6 Å². The van der Waals surface area contributed by atoms with Gasteiger partial charge < -0.3 is 68.5 Å². The van der Waals surface area contributed by atoms with Crippen LogP contribution in [0.1, 0.15) is 41.5 Å². The van der Waals surface area contributed by atoms with Crippen molar-refractivity contribution in [2.75, 3.05) is 66.1 Å². The Morgan fingerprint density at radius 1 is 0.344 bits per heavy atom. The molecule has 40 heteroatoms. The Morgan fingerprint density at radius 3 is 1.05 bits per heavy atom. The number of hydrogen-bond donors (Lipinski definition) is 6. The Balaban J connectivity index is 1.15. The standard InChI is InChI=1S/C56H60F22O18/c57-46(58,50(65,66)52(69,70)96-56(77,78)54(73,74)94-49(63,64)33-88-27-41(82)29-90-43-18-14-39(80)15-19-43)30-85-22-20-34-6-1-3-8-36(34)24-91-44(83)10-5-11-45(84)92-25-37-9-4-2-7-35(37)21-23-86-31-47(59,60)51(67,68)95-55(75,76)53(71,72)93-48(61,62)32-87-26-40(81)28-89-42-16-12-38(79)13-17-42/h1-4,6-9,12-19,40-41,44-45,79-84H,5,10-11,20-33H2. The third-order valence-corrected chi connectivity index (χ3v) is 12.3. The lowest BCUT2D eigenvalue weighted by Crippen LogP contribution is -2.62. The van der Waals surface area contributed by atoms with Crippen molar-refractivity contribution in [3.8, 4) is 23.0 Å². The molecule has 4 atom stereocenters. The van der Waals surface area contributed by atoms with Crippen LogP contribution >= 0.6 is 0 Å². The minimum atomic E-state index is -7.27. The number of halogens is 22. The quantitative estimate of drug-likeness (QED) is 0.0137. The summed E-state index contributed by atoms with van der Waals surface area (Å²) in [5.74, 6) is -19.5. The van der Waals surface area contributed by atoms with Crippen molar-refractivity contribution in [3.05, 3.63) is 119 Å². The summed E-state index contributed by atoms with van der Waals surface area (Å²) in [4.78, 5) is 0. The van der Waals surface area contributed by atoms with E-state index in [1.807, 2.05) is 0 Å². The van der Waals surface area contributed by atoms with Crippen molar-refractivity contribution in [1.29, 1.82) is 0 Å². The number of rotatable bonds is 47. The number of ether oxygens (including phenoxy) is 12. The zero-order valence-electron chi connectivity index (χ0n) is 49.0. The topological polar surface area (TPSA) is 232 Å². The molecule has 0 aliphatic rings. The Hall–Kier alpha value is -6.02. The fraction of sp³-hybridized carbons (Fsp3) is 0.571. The molecular formula is C56H60F22O18. The first-order valence-electron chi connectivity index (χ1n) is 27.4. The molecule has 0 fully saturated rings. The molecule has 4 unspecified atom stereocenters. The molecule has 0 aromatic heterocycles. The summed E-state index contributed by atoms with van der Waals surface area (Å²) in [6.07, 6.45) is -60.8. The maximum atomic E-state index is 14.5. The molecule has 0 spiro atoms. The second-order valence-corrected chi connectivity index (χ2v) is 20.3. The molecule has 18 nitrogen and oxygen atoms in total. The predicted octanol–water partition coefficient (Wildman–Crippen LogP) is 11.4. The molecule has 546 valence electrons. The van der Waals surface area contributed by atoms with Gasteiger partial charge in [0.15, 0.2) is 12.6 Å². The molecule has 0 radical (unpaired) electrons. The van der Waals surface area contributed by atoms with Gasteiger partial charge in [-0.15, -0.1) is 0 Å². The molecule has 96 heavy (non-hydrogen) atoms. The second kappa shape index (κ2) is 34.7. The third kappa shape index (κ3) is 25.7. The summed E-state index contributed by atoms with van der Waals surface area (Å²) in [5, 5.41) is 58.8. The van der Waals surface area contributed by atoms with E-state index < -0.39 is 184 Å². The molecular weight excluding hydrogens is 1380 g/mol. The highest BCUT2D eigenvalue weighted by Gasteiger charge is 2.78. The number of benzene rings is 4. The fourth-order valence-corrected chi connectivity index (χ4v) is 7.37. The van der Waals surface area contributed by atoms with E-state index in [1.165, 1.54) is 84.9 Å². The number of phenols is 2. The number of aromatic hydroxyl groups is 2. The molecule has 0 bridgehead atoms. The number of aliphatic hydroxyl groups is 4. The summed E-state index contributed by atoms with van der Waals surface area (Å²) in [6.45, 7) is -16.5. The maximum Gasteiger partial charge on any atom is 0.453 e. The number of phenolic OH excluding ortho intramolecular Hbond substituents is 2. The van der Waals surface area contributed by atoms with Gasteiger partial charge in [-0.25, -0.2) is 18.9 Å². The van der Waals surface area contributed by atoms with Gasteiger partial charge >= 0.3 is 66.6 Å². The molecule has 6 N–H and O–H groups in total. The highest BCUT2D eigenvalue weighted by atomic mass is 19.4. The van der Waals surface area contributed by atoms with Crippen molar-refractivity contribution in [3.63, 3.8) is 0 Å². The van der Waals surface area contributed by atoms with Crippen molar-refractivity contribution in [2.45, 2.75) is 137 Å². The first-order valence-corrected chi connectivity index (χ1v) is 27.4. The van der Waals surface area contributed by atoms with Gasteiger partial charge in [0, 0.05) is 0 Å². The van der Waals surface area contributed by atoms with Crippen LogP contribution in [0.25, 0.3) is 0 Å². The molecule has 0 saturated heterocycles. The van der Waals surface area contributed by atoms with E-state index in [2.05, 4.69) is 37.9 Å². The van der Waals surface area contributed by atoms with Crippen LogP contribution in [0.5, 0.6) is 23.0 Å². The summed E-state index contributed by atoms with van der Waals surface area (Å²) >= 11 is 0. The second-order valence-electron chi connectivity index (χ2n) is 20.3. The highest BCUT2D eigenvalue weighted by molar-refractivity contribution is 5.31. The van der Waals surface area contributed by atoms with Crippen LogP contribution in [0.15, 0.2) is 97.1 Å². The van der Waals surface area contributed by atoms with Gasteiger partial charge in [0.05, 0.1) is 39.6 Å². The van der Waals surface area contributed by atoms with E-state index >= 15 is 0 Å². The average molecular weight is 1440 g/mol. The predicted molar refractivity (Wildman–Crippen MR) is 277 cm³/mol. The minimum absolute atomic E-state index is 0.0155. The van der Waals surface area contributed by atoms with Crippen LogP contribution in [-0.2, 0) is 73.4 Å². The minimum Gasteiger partial charge on any atom is -0.508 e. The van der Waals surface area contributed by atoms with E-state index in [4.69, 9.17) is 18.9 Å². The van der Waals surface area contributed by atoms with Gasteiger partial charge in [-0.05, 0) is 103 Å². The van der Waals surface area contributed by atoms with Crippen LogP contribution in [0.4, 0.5) is 96.6 Å².